The Labute approximate surface area is 79.1 Å². The van der Waals surface area contributed by atoms with Crippen molar-refractivity contribution in [3.05, 3.63) is 23.0 Å². The molecule has 0 atom stereocenters. The van der Waals surface area contributed by atoms with Crippen LogP contribution in [0.4, 0.5) is 14.5 Å². The SMILES string of the molecule is N#Cc1cc(N)c(CN)nc1C(F)F. The van der Waals surface area contributed by atoms with Gasteiger partial charge in [0.25, 0.3) is 6.43 Å². The Balaban J connectivity index is 3.34. The van der Waals surface area contributed by atoms with Crippen molar-refractivity contribution < 1.29 is 8.78 Å². The number of rotatable bonds is 2. The molecule has 4 N–H and O–H groups in total. The summed E-state index contributed by atoms with van der Waals surface area (Å²) in [6, 6.07) is 2.77. The Morgan fingerprint density at radius 3 is 2.64 bits per heavy atom. The molecule has 1 aromatic rings. The highest BCUT2D eigenvalue weighted by Crippen LogP contribution is 2.23. The first kappa shape index (κ1) is 10.3. The van der Waals surface area contributed by atoms with Gasteiger partial charge in [0.05, 0.1) is 16.9 Å². The average Bonchev–Trinajstić information content (AvgIpc) is 2.16. The lowest BCUT2D eigenvalue weighted by molar-refractivity contribution is 0.145. The van der Waals surface area contributed by atoms with E-state index in [1.165, 1.54) is 0 Å². The first-order valence-electron chi connectivity index (χ1n) is 3.77. The van der Waals surface area contributed by atoms with Crippen molar-refractivity contribution in [3.63, 3.8) is 0 Å². The number of aromatic nitrogens is 1. The summed E-state index contributed by atoms with van der Waals surface area (Å²) in [5.74, 6) is 0. The molecule has 0 unspecified atom stereocenters. The molecule has 0 aliphatic rings. The molecule has 1 heterocycles. The highest BCUT2D eigenvalue weighted by atomic mass is 19.3. The fourth-order valence-corrected chi connectivity index (χ4v) is 1.00. The summed E-state index contributed by atoms with van der Waals surface area (Å²) in [5, 5.41) is 8.55. The summed E-state index contributed by atoms with van der Waals surface area (Å²) in [5.41, 5.74) is 10.2. The van der Waals surface area contributed by atoms with E-state index in [4.69, 9.17) is 16.7 Å². The van der Waals surface area contributed by atoms with Gasteiger partial charge >= 0.3 is 0 Å². The number of nitrogens with two attached hydrogens (primary N) is 2. The second-order valence-electron chi connectivity index (χ2n) is 2.57. The van der Waals surface area contributed by atoms with Gasteiger partial charge in [0, 0.05) is 6.54 Å². The minimum absolute atomic E-state index is 0.0305. The predicted molar refractivity (Wildman–Crippen MR) is 46.2 cm³/mol. The van der Waals surface area contributed by atoms with Crippen LogP contribution in [-0.4, -0.2) is 4.98 Å². The number of hydrogen-bond donors (Lipinski definition) is 2. The highest BCUT2D eigenvalue weighted by molar-refractivity contribution is 5.51. The van der Waals surface area contributed by atoms with Gasteiger partial charge in [-0.1, -0.05) is 0 Å². The van der Waals surface area contributed by atoms with Crippen LogP contribution in [0.2, 0.25) is 0 Å². The van der Waals surface area contributed by atoms with Gasteiger partial charge in [0.15, 0.2) is 0 Å². The van der Waals surface area contributed by atoms with Crippen molar-refractivity contribution in [2.24, 2.45) is 5.73 Å². The molecule has 0 aliphatic carbocycles. The van der Waals surface area contributed by atoms with Gasteiger partial charge in [-0.05, 0) is 6.07 Å². The molecular formula is C8H8F2N4. The van der Waals surface area contributed by atoms with E-state index >= 15 is 0 Å². The Bertz CT molecular complexity index is 384. The second kappa shape index (κ2) is 3.98. The van der Waals surface area contributed by atoms with Crippen LogP contribution in [0.3, 0.4) is 0 Å². The largest absolute Gasteiger partial charge is 0.397 e. The number of hydrogen-bond acceptors (Lipinski definition) is 4. The van der Waals surface area contributed by atoms with E-state index in [2.05, 4.69) is 4.98 Å². The third kappa shape index (κ3) is 1.78. The van der Waals surface area contributed by atoms with E-state index in [0.29, 0.717) is 0 Å². The Morgan fingerprint density at radius 1 is 1.57 bits per heavy atom. The summed E-state index contributed by atoms with van der Waals surface area (Å²) < 4.78 is 24.7. The maximum absolute atomic E-state index is 12.4. The summed E-state index contributed by atoms with van der Waals surface area (Å²) in [4.78, 5) is 3.54. The molecule has 0 radical (unpaired) electrons. The van der Waals surface area contributed by atoms with Crippen molar-refractivity contribution in [1.82, 2.24) is 4.98 Å². The van der Waals surface area contributed by atoms with E-state index in [1.54, 1.807) is 6.07 Å². The normalized spacial score (nSPS) is 10.2. The number of alkyl halides is 2. The van der Waals surface area contributed by atoms with E-state index in [9.17, 15) is 8.78 Å². The van der Waals surface area contributed by atoms with Crippen LogP contribution in [0, 0.1) is 11.3 Å². The molecule has 0 bridgehead atoms. The molecule has 1 rings (SSSR count). The van der Waals surface area contributed by atoms with Crippen molar-refractivity contribution >= 4 is 5.69 Å². The number of nitrogens with zero attached hydrogens (tertiary/aromatic N) is 2. The minimum Gasteiger partial charge on any atom is -0.397 e. The molecule has 6 heteroatoms. The van der Waals surface area contributed by atoms with Gasteiger partial charge < -0.3 is 11.5 Å². The molecule has 0 amide bonds. The summed E-state index contributed by atoms with van der Waals surface area (Å²) >= 11 is 0. The van der Waals surface area contributed by atoms with Crippen LogP contribution < -0.4 is 11.5 Å². The van der Waals surface area contributed by atoms with Crippen molar-refractivity contribution in [2.75, 3.05) is 5.73 Å². The molecule has 1 aromatic heterocycles. The summed E-state index contributed by atoms with van der Waals surface area (Å²) in [6.07, 6.45) is -2.80. The second-order valence-corrected chi connectivity index (χ2v) is 2.57. The summed E-state index contributed by atoms with van der Waals surface area (Å²) in [7, 11) is 0. The third-order valence-corrected chi connectivity index (χ3v) is 1.68. The monoisotopic (exact) mass is 198 g/mol. The first-order chi connectivity index (χ1) is 6.60. The van der Waals surface area contributed by atoms with Crippen molar-refractivity contribution in [2.45, 2.75) is 13.0 Å². The maximum atomic E-state index is 12.4. The fourth-order valence-electron chi connectivity index (χ4n) is 1.00. The van der Waals surface area contributed by atoms with E-state index in [-0.39, 0.29) is 23.5 Å². The predicted octanol–water partition coefficient (Wildman–Crippen LogP) is 0.932. The molecule has 0 saturated carbocycles. The zero-order chi connectivity index (χ0) is 10.7. The van der Waals surface area contributed by atoms with Crippen LogP contribution in [-0.2, 0) is 6.54 Å². The molecule has 0 aliphatic heterocycles. The van der Waals surface area contributed by atoms with Gasteiger partial charge in [-0.2, -0.15) is 5.26 Å². The smallest absolute Gasteiger partial charge is 0.281 e. The van der Waals surface area contributed by atoms with Gasteiger partial charge in [-0.15, -0.1) is 0 Å². The van der Waals surface area contributed by atoms with Crippen LogP contribution in [0.5, 0.6) is 0 Å². The Kier molecular flexibility index (Phi) is 2.94. The van der Waals surface area contributed by atoms with E-state index < -0.39 is 12.1 Å². The Morgan fingerprint density at radius 2 is 2.21 bits per heavy atom. The van der Waals surface area contributed by atoms with Crippen molar-refractivity contribution in [1.29, 1.82) is 5.26 Å². The molecule has 0 aromatic carbocycles. The third-order valence-electron chi connectivity index (χ3n) is 1.68. The van der Waals surface area contributed by atoms with Crippen LogP contribution in [0.1, 0.15) is 23.4 Å². The molecule has 0 spiro atoms. The van der Waals surface area contributed by atoms with E-state index in [1.807, 2.05) is 0 Å². The molecule has 0 fully saturated rings. The van der Waals surface area contributed by atoms with Crippen molar-refractivity contribution in [3.8, 4) is 6.07 Å². The number of pyridine rings is 1. The molecule has 0 saturated heterocycles. The zero-order valence-electron chi connectivity index (χ0n) is 7.17. The number of anilines is 1. The number of nitriles is 1. The van der Waals surface area contributed by atoms with Gasteiger partial charge in [0.1, 0.15) is 11.8 Å². The number of halogens is 2. The topological polar surface area (TPSA) is 88.7 Å². The van der Waals surface area contributed by atoms with Gasteiger partial charge in [0.2, 0.25) is 0 Å². The Hall–Kier alpha value is -1.74. The van der Waals surface area contributed by atoms with Gasteiger partial charge in [-0.3, -0.25) is 0 Å². The quantitative estimate of drug-likeness (QED) is 0.739. The fraction of sp³-hybridized carbons (Fsp3) is 0.250. The maximum Gasteiger partial charge on any atom is 0.281 e. The molecule has 14 heavy (non-hydrogen) atoms. The highest BCUT2D eigenvalue weighted by Gasteiger charge is 2.17. The molecular weight excluding hydrogens is 190 g/mol. The minimum atomic E-state index is -2.80. The molecule has 74 valence electrons. The lowest BCUT2D eigenvalue weighted by Crippen LogP contribution is -2.08. The van der Waals surface area contributed by atoms with Crippen LogP contribution in [0.25, 0.3) is 0 Å². The van der Waals surface area contributed by atoms with Crippen LogP contribution >= 0.6 is 0 Å². The summed E-state index contributed by atoms with van der Waals surface area (Å²) in [6.45, 7) is -0.0305. The lowest BCUT2D eigenvalue weighted by atomic mass is 10.1. The van der Waals surface area contributed by atoms with Crippen LogP contribution in [0.15, 0.2) is 6.07 Å². The first-order valence-corrected chi connectivity index (χ1v) is 3.77. The zero-order valence-corrected chi connectivity index (χ0v) is 7.17. The lowest BCUT2D eigenvalue weighted by Gasteiger charge is -2.07. The van der Waals surface area contributed by atoms with Gasteiger partial charge in [-0.25, -0.2) is 13.8 Å². The number of nitrogen functional groups attached to an aromatic ring is 1. The standard InChI is InChI=1S/C8H8F2N4/c9-8(10)7-4(2-11)1-5(13)6(3-12)14-7/h1,8H,3,12-13H2. The molecule has 4 nitrogen and oxygen atoms in total. The average molecular weight is 198 g/mol. The van der Waals surface area contributed by atoms with E-state index in [0.717, 1.165) is 6.07 Å².